The van der Waals surface area contributed by atoms with Gasteiger partial charge in [0.25, 0.3) is 5.91 Å². The molecule has 0 bridgehead atoms. The largest absolute Gasteiger partial charge is 0.380 e. The van der Waals surface area contributed by atoms with Crippen molar-refractivity contribution < 1.29 is 9.53 Å². The van der Waals surface area contributed by atoms with Crippen LogP contribution in [0.2, 0.25) is 0 Å². The van der Waals surface area contributed by atoms with Crippen LogP contribution in [-0.4, -0.2) is 47.6 Å². The fraction of sp³-hybridized carbons (Fsp3) is 0.643. The molecule has 1 amide bonds. The van der Waals surface area contributed by atoms with Gasteiger partial charge in [0.2, 0.25) is 0 Å². The third kappa shape index (κ3) is 2.56. The van der Waals surface area contributed by atoms with Crippen LogP contribution in [0.3, 0.4) is 0 Å². The van der Waals surface area contributed by atoms with Crippen LogP contribution in [0.5, 0.6) is 0 Å². The van der Waals surface area contributed by atoms with E-state index in [4.69, 9.17) is 4.74 Å². The summed E-state index contributed by atoms with van der Waals surface area (Å²) in [5, 5.41) is 0.466. The first-order valence-electron chi connectivity index (χ1n) is 6.74. The first kappa shape index (κ1) is 13.5. The molecule has 0 radical (unpaired) electrons. The highest BCUT2D eigenvalue weighted by Crippen LogP contribution is 2.32. The van der Waals surface area contributed by atoms with Gasteiger partial charge in [-0.2, -0.15) is 11.8 Å². The van der Waals surface area contributed by atoms with E-state index < -0.39 is 0 Å². The number of rotatable bonds is 1. The molecule has 0 aliphatic carbocycles. The number of amides is 1. The molecule has 2 atom stereocenters. The quantitative estimate of drug-likeness (QED) is 0.798. The van der Waals surface area contributed by atoms with Crippen molar-refractivity contribution in [1.82, 2.24) is 4.90 Å². The Morgan fingerprint density at radius 1 is 1.47 bits per heavy atom. The molecule has 2 unspecified atom stereocenters. The second-order valence-electron chi connectivity index (χ2n) is 5.19. The van der Waals surface area contributed by atoms with Crippen LogP contribution >= 0.6 is 23.1 Å². The molecular weight excluding hydrogens is 278 g/mol. The molecule has 1 aromatic rings. The highest BCUT2D eigenvalue weighted by atomic mass is 32.2. The fourth-order valence-corrected chi connectivity index (χ4v) is 5.05. The normalized spacial score (nSPS) is 27.2. The number of carbonyl (C=O) groups is 1. The number of nitrogens with zero attached hydrogens (tertiary/aromatic N) is 1. The Morgan fingerprint density at radius 2 is 2.32 bits per heavy atom. The molecular formula is C14H19NO2S2. The highest BCUT2D eigenvalue weighted by molar-refractivity contribution is 8.00. The number of fused-ring (bicyclic) bond motifs is 1. The Kier molecular flexibility index (Phi) is 3.87. The van der Waals surface area contributed by atoms with Crippen molar-refractivity contribution in [3.63, 3.8) is 0 Å². The second kappa shape index (κ2) is 5.46. The zero-order valence-electron chi connectivity index (χ0n) is 11.3. The van der Waals surface area contributed by atoms with Gasteiger partial charge in [-0.1, -0.05) is 0 Å². The van der Waals surface area contributed by atoms with Crippen molar-refractivity contribution in [1.29, 1.82) is 0 Å². The van der Waals surface area contributed by atoms with Gasteiger partial charge in [-0.15, -0.1) is 11.3 Å². The fourth-order valence-electron chi connectivity index (χ4n) is 2.76. The molecule has 2 saturated heterocycles. The molecule has 2 fully saturated rings. The molecule has 0 N–H and O–H groups in total. The minimum atomic E-state index is 0.221. The molecule has 5 heteroatoms. The van der Waals surface area contributed by atoms with Gasteiger partial charge in [-0.3, -0.25) is 4.79 Å². The van der Waals surface area contributed by atoms with E-state index in [1.54, 1.807) is 11.3 Å². The third-order valence-corrected chi connectivity index (χ3v) is 6.41. The van der Waals surface area contributed by atoms with Crippen molar-refractivity contribution in [3.8, 4) is 0 Å². The lowest BCUT2D eigenvalue weighted by atomic mass is 10.1. The van der Waals surface area contributed by atoms with Crippen LogP contribution < -0.4 is 0 Å². The first-order valence-corrected chi connectivity index (χ1v) is 8.60. The van der Waals surface area contributed by atoms with Crippen LogP contribution in [-0.2, 0) is 4.74 Å². The summed E-state index contributed by atoms with van der Waals surface area (Å²) in [6.07, 6.45) is 0.979. The third-order valence-electron chi connectivity index (χ3n) is 3.97. The molecule has 1 aromatic heterocycles. The number of ether oxygens (including phenoxy) is 1. The van der Waals surface area contributed by atoms with Gasteiger partial charge < -0.3 is 9.64 Å². The van der Waals surface area contributed by atoms with Crippen LogP contribution in [0.1, 0.15) is 26.5 Å². The zero-order valence-corrected chi connectivity index (χ0v) is 13.0. The van der Waals surface area contributed by atoms with Gasteiger partial charge in [-0.25, -0.2) is 0 Å². The van der Waals surface area contributed by atoms with Crippen LogP contribution in [0.25, 0.3) is 0 Å². The highest BCUT2D eigenvalue weighted by Gasteiger charge is 2.37. The van der Waals surface area contributed by atoms with Crippen LogP contribution in [0.15, 0.2) is 6.07 Å². The number of carbonyl (C=O) groups excluding carboxylic acids is 1. The molecule has 0 saturated carbocycles. The van der Waals surface area contributed by atoms with Crippen LogP contribution in [0, 0.1) is 13.8 Å². The monoisotopic (exact) mass is 297 g/mol. The predicted molar refractivity (Wildman–Crippen MR) is 80.3 cm³/mol. The Hall–Kier alpha value is -0.520. The summed E-state index contributed by atoms with van der Waals surface area (Å²) in [6.45, 7) is 6.61. The summed E-state index contributed by atoms with van der Waals surface area (Å²) in [6, 6.07) is 2.40. The maximum Gasteiger partial charge on any atom is 0.264 e. The molecule has 3 rings (SSSR count). The lowest BCUT2D eigenvalue weighted by molar-refractivity contribution is 0.0322. The van der Waals surface area contributed by atoms with Gasteiger partial charge >= 0.3 is 0 Å². The Bertz CT molecular complexity index is 464. The zero-order chi connectivity index (χ0) is 13.4. The predicted octanol–water partition coefficient (Wildman–Crippen LogP) is 2.71. The van der Waals surface area contributed by atoms with E-state index in [2.05, 4.69) is 18.7 Å². The van der Waals surface area contributed by atoms with Crippen molar-refractivity contribution in [2.75, 3.05) is 25.5 Å². The summed E-state index contributed by atoms with van der Waals surface area (Å²) < 4.78 is 5.54. The number of thioether (sulfide) groups is 1. The van der Waals surface area contributed by atoms with E-state index in [9.17, 15) is 4.79 Å². The minimum absolute atomic E-state index is 0.221. The molecule has 104 valence electrons. The van der Waals surface area contributed by atoms with Crippen molar-refractivity contribution >= 4 is 29.0 Å². The van der Waals surface area contributed by atoms with E-state index in [1.165, 1.54) is 10.4 Å². The topological polar surface area (TPSA) is 29.5 Å². The average molecular weight is 297 g/mol. The van der Waals surface area contributed by atoms with Gasteiger partial charge in [0.05, 0.1) is 11.5 Å². The average Bonchev–Trinajstić information content (AvgIpc) is 2.77. The molecule has 2 aliphatic rings. The standard InChI is InChI=1S/C14H19NO2S2/c1-9-7-12(19-10(9)2)14(16)15-4-6-18-13-8-17-5-3-11(13)15/h7,11,13H,3-6,8H2,1-2H3. The van der Waals surface area contributed by atoms with E-state index >= 15 is 0 Å². The van der Waals surface area contributed by atoms with Gasteiger partial charge in [-0.05, 0) is 31.9 Å². The van der Waals surface area contributed by atoms with Gasteiger partial charge in [0, 0.05) is 35.1 Å². The first-order chi connectivity index (χ1) is 9.16. The van der Waals surface area contributed by atoms with E-state index in [0.717, 1.165) is 36.8 Å². The molecule has 0 aromatic carbocycles. The molecule has 2 aliphatic heterocycles. The van der Waals surface area contributed by atoms with E-state index in [1.807, 2.05) is 17.8 Å². The number of aryl methyl sites for hydroxylation is 2. The lowest BCUT2D eigenvalue weighted by Crippen LogP contribution is -2.54. The van der Waals surface area contributed by atoms with E-state index in [-0.39, 0.29) is 5.91 Å². The number of thiophene rings is 1. The second-order valence-corrected chi connectivity index (χ2v) is 7.79. The number of hydrogen-bond donors (Lipinski definition) is 0. The molecule has 3 nitrogen and oxygen atoms in total. The Morgan fingerprint density at radius 3 is 3.05 bits per heavy atom. The van der Waals surface area contributed by atoms with E-state index in [0.29, 0.717) is 11.3 Å². The summed E-state index contributed by atoms with van der Waals surface area (Å²) in [4.78, 5) is 16.9. The smallest absolute Gasteiger partial charge is 0.264 e. The SMILES string of the molecule is Cc1cc(C(=O)N2CCSC3COCCC32)sc1C. The minimum Gasteiger partial charge on any atom is -0.380 e. The molecule has 0 spiro atoms. The van der Waals surface area contributed by atoms with Crippen LogP contribution in [0.4, 0.5) is 0 Å². The lowest BCUT2D eigenvalue weighted by Gasteiger charge is -2.43. The van der Waals surface area contributed by atoms with Gasteiger partial charge in [0.1, 0.15) is 0 Å². The summed E-state index contributed by atoms with van der Waals surface area (Å²) in [7, 11) is 0. The van der Waals surface area contributed by atoms with Crippen molar-refractivity contribution in [3.05, 3.63) is 21.4 Å². The summed E-state index contributed by atoms with van der Waals surface area (Å²) >= 11 is 3.58. The Labute approximate surface area is 122 Å². The molecule has 3 heterocycles. The molecule has 19 heavy (non-hydrogen) atoms. The number of hydrogen-bond acceptors (Lipinski definition) is 4. The van der Waals surface area contributed by atoms with Gasteiger partial charge in [0.15, 0.2) is 0 Å². The van der Waals surface area contributed by atoms with Crippen molar-refractivity contribution in [2.45, 2.75) is 31.6 Å². The Balaban J connectivity index is 1.81. The maximum absolute atomic E-state index is 12.7. The maximum atomic E-state index is 12.7. The van der Waals surface area contributed by atoms with Crippen molar-refractivity contribution in [2.24, 2.45) is 0 Å². The summed E-state index contributed by atoms with van der Waals surface area (Å²) in [5.74, 6) is 1.25. The summed E-state index contributed by atoms with van der Waals surface area (Å²) in [5.41, 5.74) is 1.23.